The van der Waals surface area contributed by atoms with Crippen LogP contribution in [0.2, 0.25) is 0 Å². The van der Waals surface area contributed by atoms with Gasteiger partial charge in [-0.15, -0.1) is 0 Å². The maximum atomic E-state index is 9.13. The van der Waals surface area contributed by atoms with Gasteiger partial charge in [-0.1, -0.05) is 0 Å². The van der Waals surface area contributed by atoms with Crippen LogP contribution in [0.15, 0.2) is 54.6 Å². The van der Waals surface area contributed by atoms with Crippen molar-refractivity contribution in [1.82, 2.24) is 0 Å². The van der Waals surface area contributed by atoms with E-state index >= 15 is 0 Å². The quantitative estimate of drug-likeness (QED) is 0.743. The summed E-state index contributed by atoms with van der Waals surface area (Å²) in [6.07, 6.45) is 0. The fourth-order valence-corrected chi connectivity index (χ4v) is 3.32. The number of rotatable bonds is 2. The molecule has 0 heterocycles. The Bertz CT molecular complexity index is 394. The maximum absolute atomic E-state index is 9.13. The molecule has 0 saturated carbocycles. The topological polar surface area (TPSA) is 20.2 Å². The SMILES string of the molecule is Oc1ccc([I-]c2ccccc2)cc1. The molecule has 1 nitrogen and oxygen atoms in total. The summed E-state index contributed by atoms with van der Waals surface area (Å²) in [6, 6.07) is 18.0. The molecule has 0 aromatic heterocycles. The van der Waals surface area contributed by atoms with E-state index in [1.54, 1.807) is 12.1 Å². The summed E-state index contributed by atoms with van der Waals surface area (Å²) in [4.78, 5) is 0. The van der Waals surface area contributed by atoms with Gasteiger partial charge in [0.05, 0.1) is 0 Å². The van der Waals surface area contributed by atoms with Crippen LogP contribution in [-0.4, -0.2) is 5.11 Å². The Labute approximate surface area is 93.7 Å². The summed E-state index contributed by atoms with van der Waals surface area (Å²) in [5, 5.41) is 9.13. The van der Waals surface area contributed by atoms with Gasteiger partial charge in [0.25, 0.3) is 0 Å². The van der Waals surface area contributed by atoms with Crippen molar-refractivity contribution in [3.05, 3.63) is 61.7 Å². The summed E-state index contributed by atoms with van der Waals surface area (Å²) in [5.41, 5.74) is 0. The van der Waals surface area contributed by atoms with Gasteiger partial charge in [-0.25, -0.2) is 0 Å². The van der Waals surface area contributed by atoms with E-state index in [9.17, 15) is 0 Å². The van der Waals surface area contributed by atoms with Gasteiger partial charge in [0.15, 0.2) is 0 Å². The Morgan fingerprint density at radius 1 is 0.714 bits per heavy atom. The van der Waals surface area contributed by atoms with Crippen LogP contribution < -0.4 is 21.2 Å². The van der Waals surface area contributed by atoms with Gasteiger partial charge in [-0.05, 0) is 0 Å². The van der Waals surface area contributed by atoms with Crippen molar-refractivity contribution in [3.63, 3.8) is 0 Å². The molecule has 14 heavy (non-hydrogen) atoms. The Hall–Kier alpha value is -1.03. The Morgan fingerprint density at radius 2 is 1.29 bits per heavy atom. The third-order valence-electron chi connectivity index (χ3n) is 1.78. The molecule has 0 aliphatic heterocycles. The van der Waals surface area contributed by atoms with Gasteiger partial charge in [0.2, 0.25) is 0 Å². The predicted octanol–water partition coefficient (Wildman–Crippen LogP) is -0.479. The second-order valence-electron chi connectivity index (χ2n) is 2.87. The second kappa shape index (κ2) is 4.46. The fourth-order valence-electron chi connectivity index (χ4n) is 1.11. The monoisotopic (exact) mass is 297 g/mol. The van der Waals surface area contributed by atoms with Crippen molar-refractivity contribution >= 4 is 0 Å². The first-order valence-electron chi connectivity index (χ1n) is 4.33. The van der Waals surface area contributed by atoms with Crippen molar-refractivity contribution in [1.29, 1.82) is 0 Å². The van der Waals surface area contributed by atoms with Crippen molar-refractivity contribution in [2.24, 2.45) is 0 Å². The zero-order valence-corrected chi connectivity index (χ0v) is 9.68. The van der Waals surface area contributed by atoms with Crippen molar-refractivity contribution < 1.29 is 26.3 Å². The molecule has 2 rings (SSSR count). The fraction of sp³-hybridized carbons (Fsp3) is 0. The molecule has 1 N–H and O–H groups in total. The van der Waals surface area contributed by atoms with E-state index in [1.165, 1.54) is 7.14 Å². The molecule has 0 atom stereocenters. The Balaban J connectivity index is 2.16. The normalized spacial score (nSPS) is 10.3. The summed E-state index contributed by atoms with van der Waals surface area (Å²) >= 11 is -0.0952. The van der Waals surface area contributed by atoms with E-state index < -0.39 is 0 Å². The molecule has 0 saturated heterocycles. The number of halogens is 1. The van der Waals surface area contributed by atoms with E-state index in [4.69, 9.17) is 5.11 Å². The first kappa shape index (κ1) is 9.52. The summed E-state index contributed by atoms with van der Waals surface area (Å²) in [5.74, 6) is 0.339. The molecule has 2 aromatic carbocycles. The van der Waals surface area contributed by atoms with E-state index in [2.05, 4.69) is 24.3 Å². The standard InChI is InChI=1S/C12H10IO/c14-12-8-6-11(7-9-12)13-10-4-2-1-3-5-10/h1-9,14H/q-1. The number of benzene rings is 2. The molecule has 0 radical (unpaired) electrons. The molecule has 0 aliphatic rings. The first-order valence-corrected chi connectivity index (χ1v) is 6.49. The van der Waals surface area contributed by atoms with Crippen LogP contribution in [0.5, 0.6) is 5.75 Å². The number of hydrogen-bond donors (Lipinski definition) is 1. The summed E-state index contributed by atoms with van der Waals surface area (Å²) < 4.78 is 2.73. The van der Waals surface area contributed by atoms with Crippen LogP contribution in [0, 0.1) is 7.14 Å². The van der Waals surface area contributed by atoms with Gasteiger partial charge in [-0.2, -0.15) is 0 Å². The zero-order valence-electron chi connectivity index (χ0n) is 7.52. The molecular weight excluding hydrogens is 287 g/mol. The summed E-state index contributed by atoms with van der Waals surface area (Å²) in [7, 11) is 0. The predicted molar refractivity (Wildman–Crippen MR) is 51.9 cm³/mol. The Morgan fingerprint density at radius 3 is 1.93 bits per heavy atom. The first-order chi connectivity index (χ1) is 6.84. The molecular formula is C12H10IO-. The van der Waals surface area contributed by atoms with Gasteiger partial charge in [0.1, 0.15) is 0 Å². The van der Waals surface area contributed by atoms with Crippen molar-refractivity contribution in [3.8, 4) is 5.75 Å². The second-order valence-corrected chi connectivity index (χ2v) is 5.90. The van der Waals surface area contributed by atoms with Crippen LogP contribution in [0.3, 0.4) is 0 Å². The summed E-state index contributed by atoms with van der Waals surface area (Å²) in [6.45, 7) is 0. The third kappa shape index (κ3) is 2.48. The molecule has 0 fully saturated rings. The van der Waals surface area contributed by atoms with Gasteiger partial charge in [-0.3, -0.25) is 0 Å². The van der Waals surface area contributed by atoms with Gasteiger partial charge >= 0.3 is 93.8 Å². The Kier molecular flexibility index (Phi) is 3.03. The van der Waals surface area contributed by atoms with Crippen LogP contribution in [0.4, 0.5) is 0 Å². The van der Waals surface area contributed by atoms with Crippen molar-refractivity contribution in [2.45, 2.75) is 0 Å². The molecule has 2 aromatic rings. The molecule has 0 spiro atoms. The van der Waals surface area contributed by atoms with Crippen LogP contribution in [0.25, 0.3) is 0 Å². The minimum absolute atomic E-state index is 0.0952. The molecule has 0 unspecified atom stereocenters. The van der Waals surface area contributed by atoms with Crippen LogP contribution in [0.1, 0.15) is 0 Å². The molecule has 2 heteroatoms. The van der Waals surface area contributed by atoms with Gasteiger partial charge in [0, 0.05) is 0 Å². The molecule has 72 valence electrons. The van der Waals surface area contributed by atoms with Crippen molar-refractivity contribution in [2.75, 3.05) is 0 Å². The number of hydrogen-bond acceptors (Lipinski definition) is 1. The van der Waals surface area contributed by atoms with Gasteiger partial charge < -0.3 is 0 Å². The van der Waals surface area contributed by atoms with E-state index in [-0.39, 0.29) is 21.2 Å². The number of phenols is 1. The van der Waals surface area contributed by atoms with E-state index in [0.29, 0.717) is 5.75 Å². The van der Waals surface area contributed by atoms with E-state index in [0.717, 1.165) is 0 Å². The average Bonchev–Trinajstić information content (AvgIpc) is 2.23. The minimum atomic E-state index is -0.0952. The molecule has 0 bridgehead atoms. The molecule has 0 amide bonds. The van der Waals surface area contributed by atoms with E-state index in [1.807, 2.05) is 18.2 Å². The molecule has 0 aliphatic carbocycles. The van der Waals surface area contributed by atoms with Crippen LogP contribution >= 0.6 is 0 Å². The number of aromatic hydroxyl groups is 1. The van der Waals surface area contributed by atoms with Crippen LogP contribution in [-0.2, 0) is 0 Å². The zero-order chi connectivity index (χ0) is 9.80. The number of phenolic OH excluding ortho intramolecular Hbond substituents is 1. The third-order valence-corrected chi connectivity index (χ3v) is 4.46. The average molecular weight is 297 g/mol.